The maximum atomic E-state index is 13.5. The van der Waals surface area contributed by atoms with Crippen LogP contribution in [0.25, 0.3) is 0 Å². The Hall–Kier alpha value is -1.16. The van der Waals surface area contributed by atoms with Crippen molar-refractivity contribution >= 4 is 5.82 Å². The maximum Gasteiger partial charge on any atom is 0.141 e. The molecule has 0 aromatic carbocycles. The van der Waals surface area contributed by atoms with Crippen molar-refractivity contribution in [2.45, 2.75) is 58.5 Å². The van der Waals surface area contributed by atoms with Gasteiger partial charge < -0.3 is 10.2 Å². The van der Waals surface area contributed by atoms with Gasteiger partial charge in [0.1, 0.15) is 11.6 Å². The van der Waals surface area contributed by atoms with Gasteiger partial charge in [-0.2, -0.15) is 0 Å². The lowest BCUT2D eigenvalue weighted by molar-refractivity contribution is 0.588. The molecule has 112 valence electrons. The minimum Gasteiger partial charge on any atom is -0.354 e. The van der Waals surface area contributed by atoms with Crippen LogP contribution < -0.4 is 10.2 Å². The van der Waals surface area contributed by atoms with Gasteiger partial charge in [-0.3, -0.25) is 0 Å². The number of aromatic nitrogens is 1. The summed E-state index contributed by atoms with van der Waals surface area (Å²) in [4.78, 5) is 6.74. The molecule has 1 aromatic rings. The van der Waals surface area contributed by atoms with E-state index in [-0.39, 0.29) is 5.82 Å². The zero-order valence-electron chi connectivity index (χ0n) is 12.7. The van der Waals surface area contributed by atoms with Crippen LogP contribution in [-0.2, 0) is 6.54 Å². The highest BCUT2D eigenvalue weighted by atomic mass is 19.1. The molecule has 0 saturated heterocycles. The van der Waals surface area contributed by atoms with Crippen LogP contribution in [0.4, 0.5) is 10.2 Å². The number of hydrogen-bond donors (Lipinski definition) is 1. The van der Waals surface area contributed by atoms with Crippen LogP contribution in [0.15, 0.2) is 12.3 Å². The Bertz CT molecular complexity index is 416. The van der Waals surface area contributed by atoms with Crippen molar-refractivity contribution in [3.05, 3.63) is 23.6 Å². The SMILES string of the molecule is CCCNCc1cc(F)cnc1N(CC)C1CCCC1. The fraction of sp³-hybridized carbons (Fsp3) is 0.688. The molecule has 0 aliphatic heterocycles. The minimum atomic E-state index is -0.246. The Kier molecular flexibility index (Phi) is 5.77. The van der Waals surface area contributed by atoms with E-state index in [1.54, 1.807) is 6.07 Å². The molecule has 1 fully saturated rings. The third-order valence-electron chi connectivity index (χ3n) is 4.03. The largest absolute Gasteiger partial charge is 0.354 e. The van der Waals surface area contributed by atoms with Crippen LogP contribution in [-0.4, -0.2) is 24.1 Å². The highest BCUT2D eigenvalue weighted by Crippen LogP contribution is 2.29. The van der Waals surface area contributed by atoms with E-state index in [1.807, 2.05) is 0 Å². The molecule has 0 atom stereocenters. The van der Waals surface area contributed by atoms with Gasteiger partial charge in [0.05, 0.1) is 6.20 Å². The predicted molar refractivity (Wildman–Crippen MR) is 81.5 cm³/mol. The molecule has 1 heterocycles. The lowest BCUT2D eigenvalue weighted by Gasteiger charge is -2.30. The summed E-state index contributed by atoms with van der Waals surface area (Å²) >= 11 is 0. The van der Waals surface area contributed by atoms with E-state index in [0.29, 0.717) is 12.6 Å². The first kappa shape index (κ1) is 15.2. The molecule has 1 saturated carbocycles. The summed E-state index contributed by atoms with van der Waals surface area (Å²) in [5.74, 6) is 0.717. The summed E-state index contributed by atoms with van der Waals surface area (Å²) in [7, 11) is 0. The van der Waals surface area contributed by atoms with Crippen LogP contribution in [0.5, 0.6) is 0 Å². The Morgan fingerprint density at radius 2 is 2.10 bits per heavy atom. The Labute approximate surface area is 121 Å². The third kappa shape index (κ3) is 3.69. The van der Waals surface area contributed by atoms with Crippen molar-refractivity contribution in [2.75, 3.05) is 18.0 Å². The van der Waals surface area contributed by atoms with Gasteiger partial charge in [0.15, 0.2) is 0 Å². The van der Waals surface area contributed by atoms with Crippen LogP contribution in [0.1, 0.15) is 51.5 Å². The van der Waals surface area contributed by atoms with Gasteiger partial charge in [0.2, 0.25) is 0 Å². The topological polar surface area (TPSA) is 28.2 Å². The Morgan fingerprint density at radius 3 is 2.75 bits per heavy atom. The fourth-order valence-electron chi connectivity index (χ4n) is 3.06. The Balaban J connectivity index is 2.18. The molecular weight excluding hydrogens is 253 g/mol. The molecule has 0 unspecified atom stereocenters. The summed E-state index contributed by atoms with van der Waals surface area (Å²) < 4.78 is 13.5. The van der Waals surface area contributed by atoms with Gasteiger partial charge in [-0.05, 0) is 38.8 Å². The zero-order chi connectivity index (χ0) is 14.4. The van der Waals surface area contributed by atoms with Gasteiger partial charge >= 0.3 is 0 Å². The van der Waals surface area contributed by atoms with Crippen molar-refractivity contribution in [1.29, 1.82) is 0 Å². The number of halogens is 1. The quantitative estimate of drug-likeness (QED) is 0.774. The molecule has 4 heteroatoms. The molecule has 20 heavy (non-hydrogen) atoms. The maximum absolute atomic E-state index is 13.5. The molecule has 0 amide bonds. The molecule has 0 radical (unpaired) electrons. The smallest absolute Gasteiger partial charge is 0.141 e. The number of nitrogens with zero attached hydrogens (tertiary/aromatic N) is 2. The van der Waals surface area contributed by atoms with Crippen LogP contribution in [0.3, 0.4) is 0 Å². The van der Waals surface area contributed by atoms with Crippen molar-refractivity contribution < 1.29 is 4.39 Å². The molecule has 1 aromatic heterocycles. The van der Waals surface area contributed by atoms with Gasteiger partial charge in [-0.25, -0.2) is 9.37 Å². The number of rotatable bonds is 7. The molecular formula is C16H26FN3. The highest BCUT2D eigenvalue weighted by molar-refractivity contribution is 5.48. The summed E-state index contributed by atoms with van der Waals surface area (Å²) in [6.45, 7) is 6.87. The standard InChI is InChI=1S/C16H26FN3/c1-3-9-18-11-13-10-14(17)12-19-16(13)20(4-2)15-7-5-6-8-15/h10,12,15,18H,3-9,11H2,1-2H3. The normalized spacial score (nSPS) is 15.8. The number of nitrogens with one attached hydrogen (secondary N) is 1. The summed E-state index contributed by atoms with van der Waals surface area (Å²) in [6, 6.07) is 2.20. The lowest BCUT2D eigenvalue weighted by atomic mass is 10.1. The molecule has 1 aliphatic rings. The second-order valence-corrected chi connectivity index (χ2v) is 5.54. The van der Waals surface area contributed by atoms with Crippen molar-refractivity contribution in [3.8, 4) is 0 Å². The van der Waals surface area contributed by atoms with Gasteiger partial charge in [0.25, 0.3) is 0 Å². The average molecular weight is 279 g/mol. The van der Waals surface area contributed by atoms with Crippen molar-refractivity contribution in [1.82, 2.24) is 10.3 Å². The van der Waals surface area contributed by atoms with Crippen LogP contribution in [0, 0.1) is 5.82 Å². The van der Waals surface area contributed by atoms with E-state index in [4.69, 9.17) is 0 Å². The number of anilines is 1. The van der Waals surface area contributed by atoms with Crippen LogP contribution >= 0.6 is 0 Å². The predicted octanol–water partition coefficient (Wildman–Crippen LogP) is 3.49. The first-order chi connectivity index (χ1) is 9.76. The zero-order valence-corrected chi connectivity index (χ0v) is 12.7. The van der Waals surface area contributed by atoms with E-state index in [9.17, 15) is 4.39 Å². The second kappa shape index (κ2) is 7.58. The first-order valence-corrected chi connectivity index (χ1v) is 7.88. The van der Waals surface area contributed by atoms with Gasteiger partial charge in [-0.15, -0.1) is 0 Å². The Morgan fingerprint density at radius 1 is 1.35 bits per heavy atom. The molecule has 1 aliphatic carbocycles. The van der Waals surface area contributed by atoms with E-state index in [0.717, 1.165) is 30.9 Å². The molecule has 3 nitrogen and oxygen atoms in total. The van der Waals surface area contributed by atoms with Gasteiger partial charge in [0, 0.05) is 24.7 Å². The van der Waals surface area contributed by atoms with Crippen molar-refractivity contribution in [2.24, 2.45) is 0 Å². The number of pyridine rings is 1. The highest BCUT2D eigenvalue weighted by Gasteiger charge is 2.24. The second-order valence-electron chi connectivity index (χ2n) is 5.54. The van der Waals surface area contributed by atoms with E-state index in [2.05, 4.69) is 29.0 Å². The monoisotopic (exact) mass is 279 g/mol. The first-order valence-electron chi connectivity index (χ1n) is 7.88. The molecule has 2 rings (SSSR count). The summed E-state index contributed by atoms with van der Waals surface area (Å²) in [6.07, 6.45) is 7.48. The minimum absolute atomic E-state index is 0.246. The lowest BCUT2D eigenvalue weighted by Crippen LogP contribution is -2.35. The average Bonchev–Trinajstić information content (AvgIpc) is 2.96. The molecule has 0 spiro atoms. The van der Waals surface area contributed by atoms with Crippen LogP contribution in [0.2, 0.25) is 0 Å². The third-order valence-corrected chi connectivity index (χ3v) is 4.03. The fourth-order valence-corrected chi connectivity index (χ4v) is 3.06. The molecule has 0 bridgehead atoms. The van der Waals surface area contributed by atoms with Crippen molar-refractivity contribution in [3.63, 3.8) is 0 Å². The van der Waals surface area contributed by atoms with Gasteiger partial charge in [-0.1, -0.05) is 19.8 Å². The summed E-state index contributed by atoms with van der Waals surface area (Å²) in [5.41, 5.74) is 0.979. The van der Waals surface area contributed by atoms with E-state index >= 15 is 0 Å². The van der Waals surface area contributed by atoms with E-state index < -0.39 is 0 Å². The molecule has 1 N–H and O–H groups in total. The number of hydrogen-bond acceptors (Lipinski definition) is 3. The summed E-state index contributed by atoms with van der Waals surface area (Å²) in [5, 5.41) is 3.36. The van der Waals surface area contributed by atoms with E-state index in [1.165, 1.54) is 31.9 Å².